The lowest BCUT2D eigenvalue weighted by molar-refractivity contribution is -0.890. The van der Waals surface area contributed by atoms with Crippen molar-refractivity contribution in [2.45, 2.75) is 17.9 Å². The summed E-state index contributed by atoms with van der Waals surface area (Å²) in [6, 6.07) is 19.3. The van der Waals surface area contributed by atoms with Gasteiger partial charge in [0.1, 0.15) is 6.04 Å². The molecule has 1 aromatic heterocycles. The van der Waals surface area contributed by atoms with E-state index in [1.165, 1.54) is 26.2 Å². The number of quaternary nitrogens is 1. The van der Waals surface area contributed by atoms with Crippen molar-refractivity contribution in [3.63, 3.8) is 0 Å². The molecule has 0 fully saturated rings. The maximum atomic E-state index is 13.2. The van der Waals surface area contributed by atoms with Gasteiger partial charge in [-0.05, 0) is 48.7 Å². The number of amides is 1. The van der Waals surface area contributed by atoms with Gasteiger partial charge in [0.05, 0.1) is 36.1 Å². The van der Waals surface area contributed by atoms with Gasteiger partial charge >= 0.3 is 0 Å². The highest BCUT2D eigenvalue weighted by Crippen LogP contribution is 2.24. The number of thiophene rings is 1. The molecule has 6 nitrogen and oxygen atoms in total. The van der Waals surface area contributed by atoms with Gasteiger partial charge in [0, 0.05) is 12.1 Å². The van der Waals surface area contributed by atoms with Crippen molar-refractivity contribution in [3.05, 3.63) is 82.6 Å². The topological polar surface area (TPSA) is 70.9 Å². The summed E-state index contributed by atoms with van der Waals surface area (Å²) in [4.78, 5) is 15.3. The van der Waals surface area contributed by atoms with E-state index in [1.54, 1.807) is 54.7 Å². The fourth-order valence-electron chi connectivity index (χ4n) is 3.39. The second kappa shape index (κ2) is 10.1. The highest BCUT2D eigenvalue weighted by atomic mass is 32.2. The van der Waals surface area contributed by atoms with Crippen LogP contribution in [0, 0.1) is 0 Å². The van der Waals surface area contributed by atoms with Crippen LogP contribution in [0.15, 0.2) is 77.0 Å². The number of anilines is 1. The van der Waals surface area contributed by atoms with Gasteiger partial charge in [0.25, 0.3) is 15.9 Å². The van der Waals surface area contributed by atoms with Crippen LogP contribution in [-0.4, -0.2) is 41.5 Å². The van der Waals surface area contributed by atoms with Gasteiger partial charge < -0.3 is 10.2 Å². The van der Waals surface area contributed by atoms with Crippen LogP contribution in [0.3, 0.4) is 0 Å². The Morgan fingerprint density at radius 3 is 2.42 bits per heavy atom. The molecule has 0 aliphatic carbocycles. The zero-order valence-electron chi connectivity index (χ0n) is 17.9. The molecule has 1 amide bonds. The molecule has 0 bridgehead atoms. The number of nitrogens with zero attached hydrogens (tertiary/aromatic N) is 1. The molecule has 0 saturated heterocycles. The van der Waals surface area contributed by atoms with Crippen molar-refractivity contribution < 1.29 is 18.1 Å². The second-order valence-electron chi connectivity index (χ2n) is 7.39. The van der Waals surface area contributed by atoms with E-state index in [2.05, 4.69) is 11.4 Å². The van der Waals surface area contributed by atoms with E-state index < -0.39 is 10.0 Å². The monoisotopic (exact) mass is 458 g/mol. The lowest BCUT2D eigenvalue weighted by atomic mass is 10.2. The van der Waals surface area contributed by atoms with E-state index in [0.29, 0.717) is 17.8 Å². The molecule has 0 saturated carbocycles. The fourth-order valence-corrected chi connectivity index (χ4v) is 5.86. The van der Waals surface area contributed by atoms with Crippen molar-refractivity contribution in [1.29, 1.82) is 0 Å². The minimum absolute atomic E-state index is 0.0962. The van der Waals surface area contributed by atoms with Crippen LogP contribution in [0.5, 0.6) is 0 Å². The Balaban J connectivity index is 1.79. The number of rotatable bonds is 9. The minimum Gasteiger partial charge on any atom is -0.346 e. The zero-order valence-corrected chi connectivity index (χ0v) is 19.5. The average Bonchev–Trinajstić information content (AvgIpc) is 3.29. The number of sulfonamides is 1. The Labute approximate surface area is 188 Å². The molecule has 2 aromatic carbocycles. The molecule has 1 heterocycles. The molecule has 0 aliphatic rings. The van der Waals surface area contributed by atoms with Crippen LogP contribution in [0.1, 0.15) is 28.2 Å². The number of benzene rings is 2. The van der Waals surface area contributed by atoms with Crippen molar-refractivity contribution in [1.82, 2.24) is 5.32 Å². The Hall–Kier alpha value is -2.68. The van der Waals surface area contributed by atoms with Crippen LogP contribution in [-0.2, 0) is 10.0 Å². The third-order valence-corrected chi connectivity index (χ3v) is 7.95. The number of hydrogen-bond donors (Lipinski definition) is 2. The summed E-state index contributed by atoms with van der Waals surface area (Å²) < 4.78 is 27.8. The standard InChI is InChI=1S/C23H27N3O3S2/c1-4-26(19-11-6-5-7-12-19)31(28,29)20-13-8-10-18(16-20)23(27)24-17-21(25(2)3)22-14-9-15-30-22/h5-16,21H,4,17H2,1-3H3,(H,24,27)/p+1/t21-/m1/s1. The quantitative estimate of drug-likeness (QED) is 0.518. The summed E-state index contributed by atoms with van der Waals surface area (Å²) in [5.41, 5.74) is 0.913. The number of likely N-dealkylation sites (N-methyl/N-ethyl adjacent to an activating group) is 1. The van der Waals surface area contributed by atoms with Gasteiger partial charge in [-0.25, -0.2) is 8.42 Å². The summed E-state index contributed by atoms with van der Waals surface area (Å²) in [6.07, 6.45) is 0. The van der Waals surface area contributed by atoms with Gasteiger partial charge in [-0.2, -0.15) is 0 Å². The van der Waals surface area contributed by atoms with E-state index in [9.17, 15) is 13.2 Å². The molecule has 8 heteroatoms. The molecular formula is C23H28N3O3S2+. The van der Waals surface area contributed by atoms with Gasteiger partial charge in [-0.3, -0.25) is 9.10 Å². The smallest absolute Gasteiger partial charge is 0.264 e. The first kappa shape index (κ1) is 23.0. The Bertz CT molecular complexity index is 1100. The average molecular weight is 459 g/mol. The summed E-state index contributed by atoms with van der Waals surface area (Å²) in [5, 5.41) is 4.98. The molecule has 31 heavy (non-hydrogen) atoms. The first-order valence-corrected chi connectivity index (χ1v) is 12.5. The number of para-hydroxylation sites is 1. The van der Waals surface area contributed by atoms with Gasteiger partial charge in [-0.15, -0.1) is 11.3 Å². The van der Waals surface area contributed by atoms with Crippen LogP contribution in [0.2, 0.25) is 0 Å². The summed E-state index contributed by atoms with van der Waals surface area (Å²) in [5.74, 6) is -0.289. The largest absolute Gasteiger partial charge is 0.346 e. The van der Waals surface area contributed by atoms with E-state index >= 15 is 0 Å². The third-order valence-electron chi connectivity index (χ3n) is 5.07. The molecule has 0 radical (unpaired) electrons. The molecular weight excluding hydrogens is 430 g/mol. The maximum Gasteiger partial charge on any atom is 0.264 e. The Morgan fingerprint density at radius 2 is 1.81 bits per heavy atom. The van der Waals surface area contributed by atoms with E-state index in [1.807, 2.05) is 31.6 Å². The maximum absolute atomic E-state index is 13.2. The van der Waals surface area contributed by atoms with Gasteiger partial charge in [-0.1, -0.05) is 30.3 Å². The van der Waals surface area contributed by atoms with Crippen molar-refractivity contribution in [2.24, 2.45) is 0 Å². The van der Waals surface area contributed by atoms with Crippen molar-refractivity contribution >= 4 is 33.0 Å². The first-order chi connectivity index (χ1) is 14.8. The molecule has 164 valence electrons. The van der Waals surface area contributed by atoms with Crippen LogP contribution in [0.4, 0.5) is 5.69 Å². The zero-order chi connectivity index (χ0) is 22.4. The fraction of sp³-hybridized carbons (Fsp3) is 0.261. The van der Waals surface area contributed by atoms with Crippen molar-refractivity contribution in [2.75, 3.05) is 31.5 Å². The Morgan fingerprint density at radius 1 is 1.06 bits per heavy atom. The molecule has 0 aliphatic heterocycles. The minimum atomic E-state index is -3.79. The molecule has 2 N–H and O–H groups in total. The predicted octanol–water partition coefficient (Wildman–Crippen LogP) is 2.58. The van der Waals surface area contributed by atoms with E-state index in [4.69, 9.17) is 0 Å². The van der Waals surface area contributed by atoms with Crippen LogP contribution < -0.4 is 14.5 Å². The van der Waals surface area contributed by atoms with E-state index in [-0.39, 0.29) is 23.4 Å². The summed E-state index contributed by atoms with van der Waals surface area (Å²) in [6.45, 7) is 2.54. The van der Waals surface area contributed by atoms with E-state index in [0.717, 1.165) is 0 Å². The highest BCUT2D eigenvalue weighted by Gasteiger charge is 2.25. The lowest BCUT2D eigenvalue weighted by Crippen LogP contribution is -3.06. The normalized spacial score (nSPS) is 12.5. The number of carbonyl (C=O) groups is 1. The Kier molecular flexibility index (Phi) is 7.48. The van der Waals surface area contributed by atoms with Crippen LogP contribution in [0.25, 0.3) is 0 Å². The van der Waals surface area contributed by atoms with Crippen LogP contribution >= 0.6 is 11.3 Å². The summed E-state index contributed by atoms with van der Waals surface area (Å²) >= 11 is 1.66. The first-order valence-electron chi connectivity index (χ1n) is 10.1. The molecule has 1 atom stereocenters. The number of hydrogen-bond acceptors (Lipinski definition) is 4. The molecule has 3 rings (SSSR count). The highest BCUT2D eigenvalue weighted by molar-refractivity contribution is 7.92. The predicted molar refractivity (Wildman–Crippen MR) is 125 cm³/mol. The number of nitrogens with one attached hydrogen (secondary N) is 2. The third kappa shape index (κ3) is 5.33. The molecule has 0 spiro atoms. The lowest BCUT2D eigenvalue weighted by Gasteiger charge is -2.23. The summed E-state index contributed by atoms with van der Waals surface area (Å²) in [7, 11) is 0.307. The molecule has 3 aromatic rings. The SMILES string of the molecule is CCN(c1ccccc1)S(=O)(=O)c1cccc(C(=O)NC[C@H](c2cccs2)[NH+](C)C)c1. The van der Waals surface area contributed by atoms with Crippen molar-refractivity contribution in [3.8, 4) is 0 Å². The van der Waals surface area contributed by atoms with Gasteiger partial charge in [0.2, 0.25) is 0 Å². The second-order valence-corrected chi connectivity index (χ2v) is 10.2. The van der Waals surface area contributed by atoms with Gasteiger partial charge in [0.15, 0.2) is 0 Å². The number of carbonyl (C=O) groups excluding carboxylic acids is 1. The molecule has 0 unspecified atom stereocenters.